The first-order valence-electron chi connectivity index (χ1n) is 7.81. The quantitative estimate of drug-likeness (QED) is 0.717. The number of hydrogen-bond acceptors (Lipinski definition) is 3. The topological polar surface area (TPSA) is 35.5 Å². The molecular formula is C18H26O3. The fourth-order valence-electron chi connectivity index (χ4n) is 2.65. The van der Waals surface area contributed by atoms with Crippen LogP contribution >= 0.6 is 0 Å². The fourth-order valence-corrected chi connectivity index (χ4v) is 2.65. The molecule has 1 aromatic rings. The van der Waals surface area contributed by atoms with Crippen molar-refractivity contribution >= 4 is 5.97 Å². The number of rotatable bonds is 7. The van der Waals surface area contributed by atoms with Crippen LogP contribution in [0.15, 0.2) is 18.2 Å². The van der Waals surface area contributed by atoms with Crippen LogP contribution in [0.2, 0.25) is 0 Å². The third kappa shape index (κ3) is 4.48. The van der Waals surface area contributed by atoms with Gasteiger partial charge in [0.2, 0.25) is 0 Å². The molecule has 1 saturated carbocycles. The highest BCUT2D eigenvalue weighted by Gasteiger charge is 2.43. The first-order chi connectivity index (χ1) is 10.0. The van der Waals surface area contributed by atoms with Crippen molar-refractivity contribution in [2.24, 2.45) is 17.8 Å². The molecule has 0 aliphatic heterocycles. The summed E-state index contributed by atoms with van der Waals surface area (Å²) in [6.07, 6.45) is 3.07. The lowest BCUT2D eigenvalue weighted by Crippen LogP contribution is -2.05. The minimum Gasteiger partial charge on any atom is -0.493 e. The molecule has 1 aliphatic carbocycles. The lowest BCUT2D eigenvalue weighted by molar-refractivity contribution is -0.142. The zero-order valence-corrected chi connectivity index (χ0v) is 13.5. The van der Waals surface area contributed by atoms with E-state index in [2.05, 4.69) is 39.0 Å². The molecule has 116 valence electrons. The monoisotopic (exact) mass is 290 g/mol. The lowest BCUT2D eigenvalue weighted by Gasteiger charge is -2.11. The van der Waals surface area contributed by atoms with Gasteiger partial charge in [0.05, 0.1) is 19.6 Å². The summed E-state index contributed by atoms with van der Waals surface area (Å²) in [6.45, 7) is 7.17. The molecule has 0 bridgehead atoms. The Morgan fingerprint density at radius 2 is 2.14 bits per heavy atom. The Morgan fingerprint density at radius 1 is 1.38 bits per heavy atom. The zero-order valence-electron chi connectivity index (χ0n) is 13.5. The first-order valence-corrected chi connectivity index (χ1v) is 7.81. The van der Waals surface area contributed by atoms with Gasteiger partial charge in [-0.1, -0.05) is 19.9 Å². The molecule has 2 rings (SSSR count). The smallest absolute Gasteiger partial charge is 0.308 e. The van der Waals surface area contributed by atoms with Gasteiger partial charge in [0.1, 0.15) is 5.75 Å². The summed E-state index contributed by atoms with van der Waals surface area (Å²) in [6, 6.07) is 6.32. The maximum Gasteiger partial charge on any atom is 0.308 e. The van der Waals surface area contributed by atoms with Gasteiger partial charge in [-0.3, -0.25) is 4.79 Å². The number of carbonyl (C=O) groups excluding carboxylic acids is 1. The molecule has 1 fully saturated rings. The van der Waals surface area contributed by atoms with Crippen LogP contribution in [-0.2, 0) is 16.0 Å². The van der Waals surface area contributed by atoms with Crippen LogP contribution in [-0.4, -0.2) is 19.7 Å². The molecule has 0 aromatic heterocycles. The standard InChI is InChI=1S/C18H26O3/c1-12(2)11-21-16-8-7-14(13(3)9-16)5-6-15-10-17(15)18(19)20-4/h7-9,12,15,17H,5-6,10-11H2,1-4H3. The molecule has 0 N–H and O–H groups in total. The lowest BCUT2D eigenvalue weighted by atomic mass is 10.0. The molecule has 1 aromatic carbocycles. The van der Waals surface area contributed by atoms with Gasteiger partial charge in [-0.05, 0) is 61.3 Å². The van der Waals surface area contributed by atoms with E-state index in [0.717, 1.165) is 31.6 Å². The Morgan fingerprint density at radius 3 is 2.76 bits per heavy atom. The van der Waals surface area contributed by atoms with Crippen molar-refractivity contribution in [2.75, 3.05) is 13.7 Å². The van der Waals surface area contributed by atoms with Crippen molar-refractivity contribution in [3.8, 4) is 5.75 Å². The second kappa shape index (κ2) is 6.97. The van der Waals surface area contributed by atoms with Crippen molar-refractivity contribution in [3.63, 3.8) is 0 Å². The van der Waals surface area contributed by atoms with Crippen LogP contribution < -0.4 is 4.74 Å². The normalized spacial score (nSPS) is 20.4. The highest BCUT2D eigenvalue weighted by molar-refractivity contribution is 5.75. The number of esters is 1. The molecule has 0 saturated heterocycles. The van der Waals surface area contributed by atoms with E-state index in [1.54, 1.807) is 0 Å². The molecule has 0 radical (unpaired) electrons. The molecule has 2 atom stereocenters. The van der Waals surface area contributed by atoms with E-state index < -0.39 is 0 Å². The Kier molecular flexibility index (Phi) is 5.27. The third-order valence-corrected chi connectivity index (χ3v) is 4.11. The van der Waals surface area contributed by atoms with Crippen molar-refractivity contribution in [1.82, 2.24) is 0 Å². The number of aryl methyl sites for hydroxylation is 2. The van der Waals surface area contributed by atoms with Crippen molar-refractivity contribution in [2.45, 2.75) is 40.0 Å². The Balaban J connectivity index is 1.83. The van der Waals surface area contributed by atoms with E-state index in [1.807, 2.05) is 0 Å². The van der Waals surface area contributed by atoms with Gasteiger partial charge < -0.3 is 9.47 Å². The van der Waals surface area contributed by atoms with E-state index >= 15 is 0 Å². The van der Waals surface area contributed by atoms with Crippen LogP contribution in [0.1, 0.15) is 37.8 Å². The zero-order chi connectivity index (χ0) is 15.4. The largest absolute Gasteiger partial charge is 0.493 e. The summed E-state index contributed by atoms with van der Waals surface area (Å²) in [5.74, 6) is 2.09. The number of benzene rings is 1. The Hall–Kier alpha value is -1.51. The molecule has 3 nitrogen and oxygen atoms in total. The molecule has 0 amide bonds. The van der Waals surface area contributed by atoms with Gasteiger partial charge >= 0.3 is 5.97 Å². The first kappa shape index (κ1) is 15.9. The molecule has 3 heteroatoms. The summed E-state index contributed by atoms with van der Waals surface area (Å²) in [7, 11) is 1.47. The number of methoxy groups -OCH3 is 1. The average molecular weight is 290 g/mol. The van der Waals surface area contributed by atoms with Crippen LogP contribution in [0.25, 0.3) is 0 Å². The summed E-state index contributed by atoms with van der Waals surface area (Å²) in [5.41, 5.74) is 2.62. The van der Waals surface area contributed by atoms with Crippen LogP contribution in [0.4, 0.5) is 0 Å². The molecule has 1 aliphatic rings. The van der Waals surface area contributed by atoms with Gasteiger partial charge in [-0.25, -0.2) is 0 Å². The van der Waals surface area contributed by atoms with Gasteiger partial charge in [-0.15, -0.1) is 0 Å². The Bertz CT molecular complexity index is 493. The molecule has 0 spiro atoms. The Labute approximate surface area is 127 Å². The molecular weight excluding hydrogens is 264 g/mol. The van der Waals surface area contributed by atoms with Crippen molar-refractivity contribution in [3.05, 3.63) is 29.3 Å². The summed E-state index contributed by atoms with van der Waals surface area (Å²) in [4.78, 5) is 11.4. The van der Waals surface area contributed by atoms with Crippen LogP contribution in [0.5, 0.6) is 5.75 Å². The number of carbonyl (C=O) groups is 1. The van der Waals surface area contributed by atoms with Gasteiger partial charge in [0.15, 0.2) is 0 Å². The highest BCUT2D eigenvalue weighted by atomic mass is 16.5. The van der Waals surface area contributed by atoms with Gasteiger partial charge in [-0.2, -0.15) is 0 Å². The highest BCUT2D eigenvalue weighted by Crippen LogP contribution is 2.42. The maximum absolute atomic E-state index is 11.4. The van der Waals surface area contributed by atoms with E-state index in [9.17, 15) is 4.79 Å². The minimum absolute atomic E-state index is 0.0471. The SMILES string of the molecule is COC(=O)C1CC1CCc1ccc(OCC(C)C)cc1C. The van der Waals surface area contributed by atoms with Crippen molar-refractivity contribution in [1.29, 1.82) is 0 Å². The van der Waals surface area contributed by atoms with Gasteiger partial charge in [0, 0.05) is 0 Å². The van der Waals surface area contributed by atoms with Crippen LogP contribution in [0.3, 0.4) is 0 Å². The van der Waals surface area contributed by atoms with E-state index in [1.165, 1.54) is 18.2 Å². The second-order valence-corrected chi connectivity index (χ2v) is 6.46. The van der Waals surface area contributed by atoms with E-state index in [0.29, 0.717) is 11.8 Å². The van der Waals surface area contributed by atoms with Crippen LogP contribution in [0, 0.1) is 24.7 Å². The third-order valence-electron chi connectivity index (χ3n) is 4.11. The summed E-state index contributed by atoms with van der Waals surface area (Å²) < 4.78 is 10.5. The molecule has 2 unspecified atom stereocenters. The number of hydrogen-bond donors (Lipinski definition) is 0. The summed E-state index contributed by atoms with van der Waals surface area (Å²) in [5, 5.41) is 0. The predicted molar refractivity (Wildman–Crippen MR) is 83.4 cm³/mol. The molecule has 0 heterocycles. The van der Waals surface area contributed by atoms with Crippen molar-refractivity contribution < 1.29 is 14.3 Å². The predicted octanol–water partition coefficient (Wildman–Crippen LogP) is 3.77. The van der Waals surface area contributed by atoms with E-state index in [-0.39, 0.29) is 11.9 Å². The minimum atomic E-state index is -0.0471. The summed E-state index contributed by atoms with van der Waals surface area (Å²) >= 11 is 0. The fraction of sp³-hybridized carbons (Fsp3) is 0.611. The van der Waals surface area contributed by atoms with Gasteiger partial charge in [0.25, 0.3) is 0 Å². The average Bonchev–Trinajstić information content (AvgIpc) is 3.22. The van der Waals surface area contributed by atoms with E-state index in [4.69, 9.17) is 9.47 Å². The maximum atomic E-state index is 11.4. The number of ether oxygens (including phenoxy) is 2. The second-order valence-electron chi connectivity index (χ2n) is 6.46. The molecule has 21 heavy (non-hydrogen) atoms.